The van der Waals surface area contributed by atoms with Crippen molar-refractivity contribution in [3.8, 4) is 0 Å². The van der Waals surface area contributed by atoms with Gasteiger partial charge in [-0.1, -0.05) is 20.8 Å². The molecule has 0 rings (SSSR count). The maximum absolute atomic E-state index is 11.3. The van der Waals surface area contributed by atoms with Crippen LogP contribution >= 0.6 is 0 Å². The Morgan fingerprint density at radius 2 is 1.67 bits per heavy atom. The number of ketones is 1. The molecule has 0 saturated carbocycles. The summed E-state index contributed by atoms with van der Waals surface area (Å²) in [6.45, 7) is 8.60. The smallest absolute Gasteiger partial charge is 0.225 e. The topological polar surface area (TPSA) is 46.2 Å². The average molecular weight is 171 g/mol. The van der Waals surface area contributed by atoms with Crippen molar-refractivity contribution in [2.24, 2.45) is 5.41 Å². The van der Waals surface area contributed by atoms with Crippen molar-refractivity contribution in [1.29, 1.82) is 0 Å². The Morgan fingerprint density at radius 1 is 1.25 bits per heavy atom. The van der Waals surface area contributed by atoms with E-state index in [9.17, 15) is 9.59 Å². The molecule has 0 aromatic rings. The van der Waals surface area contributed by atoms with E-state index in [1.54, 1.807) is 6.92 Å². The molecule has 0 spiro atoms. The molecule has 1 amide bonds. The number of hydrogen-bond acceptors (Lipinski definition) is 2. The highest BCUT2D eigenvalue weighted by Crippen LogP contribution is 2.12. The Kier molecular flexibility index (Phi) is 3.43. The molecule has 1 N–H and O–H groups in total. The van der Waals surface area contributed by atoms with E-state index in [-0.39, 0.29) is 17.7 Å². The average Bonchev–Trinajstić information content (AvgIpc) is 1.85. The highest BCUT2D eigenvalue weighted by atomic mass is 16.2. The molecule has 70 valence electrons. The molecule has 0 saturated heterocycles. The maximum Gasteiger partial charge on any atom is 0.225 e. The van der Waals surface area contributed by atoms with Crippen LogP contribution in [0.3, 0.4) is 0 Å². The number of carbonyl (C=O) groups is 2. The van der Waals surface area contributed by atoms with Crippen molar-refractivity contribution in [2.75, 3.05) is 0 Å². The van der Waals surface area contributed by atoms with Gasteiger partial charge in [-0.2, -0.15) is 0 Å². The Labute approximate surface area is 73.5 Å². The van der Waals surface area contributed by atoms with Gasteiger partial charge in [0.2, 0.25) is 5.91 Å². The van der Waals surface area contributed by atoms with E-state index in [0.29, 0.717) is 0 Å². The van der Waals surface area contributed by atoms with Gasteiger partial charge in [-0.25, -0.2) is 0 Å². The minimum atomic E-state index is -0.427. The summed E-state index contributed by atoms with van der Waals surface area (Å²) >= 11 is 0. The summed E-state index contributed by atoms with van der Waals surface area (Å²) in [7, 11) is 0. The molecule has 0 heterocycles. The predicted molar refractivity (Wildman–Crippen MR) is 47.7 cm³/mol. The van der Waals surface area contributed by atoms with Crippen LogP contribution in [0.15, 0.2) is 0 Å². The fourth-order valence-electron chi connectivity index (χ4n) is 0.515. The Hall–Kier alpha value is -0.860. The van der Waals surface area contributed by atoms with Gasteiger partial charge >= 0.3 is 0 Å². The van der Waals surface area contributed by atoms with Crippen LogP contribution in [0.25, 0.3) is 0 Å². The molecule has 3 nitrogen and oxygen atoms in total. The van der Waals surface area contributed by atoms with Crippen molar-refractivity contribution >= 4 is 11.7 Å². The number of rotatable bonds is 2. The van der Waals surface area contributed by atoms with Gasteiger partial charge in [-0.3, -0.25) is 9.59 Å². The molecular formula is C9H17NO2. The highest BCUT2D eigenvalue weighted by Gasteiger charge is 2.23. The summed E-state index contributed by atoms with van der Waals surface area (Å²) in [6.07, 6.45) is 0. The molecule has 0 fully saturated rings. The van der Waals surface area contributed by atoms with Crippen molar-refractivity contribution < 1.29 is 9.59 Å². The SMILES string of the molecule is CC(=O)[C@@H](C)NC(=O)C(C)(C)C. The number of Topliss-reactive ketones (excluding diaryl/α,β-unsaturated/α-hetero) is 1. The summed E-state index contributed by atoms with van der Waals surface area (Å²) in [5.74, 6) is -0.113. The minimum Gasteiger partial charge on any atom is -0.346 e. The Morgan fingerprint density at radius 3 is 1.92 bits per heavy atom. The van der Waals surface area contributed by atoms with Crippen molar-refractivity contribution in [3.05, 3.63) is 0 Å². The lowest BCUT2D eigenvalue weighted by Crippen LogP contribution is -2.43. The van der Waals surface area contributed by atoms with Crippen molar-refractivity contribution in [1.82, 2.24) is 5.32 Å². The quantitative estimate of drug-likeness (QED) is 0.677. The van der Waals surface area contributed by atoms with Gasteiger partial charge in [0.1, 0.15) is 0 Å². The lowest BCUT2D eigenvalue weighted by molar-refractivity contribution is -0.132. The lowest BCUT2D eigenvalue weighted by atomic mass is 9.95. The minimum absolute atomic E-state index is 0.0207. The van der Waals surface area contributed by atoms with Crippen molar-refractivity contribution in [3.63, 3.8) is 0 Å². The molecule has 0 aromatic carbocycles. The van der Waals surface area contributed by atoms with Gasteiger partial charge in [0.05, 0.1) is 6.04 Å². The molecule has 12 heavy (non-hydrogen) atoms. The van der Waals surface area contributed by atoms with E-state index in [4.69, 9.17) is 0 Å². The van der Waals surface area contributed by atoms with E-state index in [1.807, 2.05) is 20.8 Å². The zero-order chi connectivity index (χ0) is 9.94. The Bertz CT molecular complexity index is 191. The summed E-state index contributed by atoms with van der Waals surface area (Å²) in [5, 5.41) is 2.63. The highest BCUT2D eigenvalue weighted by molar-refractivity contribution is 5.89. The normalized spacial score (nSPS) is 13.8. The first-order valence-corrected chi connectivity index (χ1v) is 4.06. The fraction of sp³-hybridized carbons (Fsp3) is 0.778. The van der Waals surface area contributed by atoms with E-state index in [0.717, 1.165) is 0 Å². The molecule has 0 unspecified atom stereocenters. The predicted octanol–water partition coefficient (Wildman–Crippen LogP) is 1.13. The van der Waals surface area contributed by atoms with Crippen LogP contribution < -0.4 is 5.32 Å². The molecule has 3 heteroatoms. The molecule has 0 aliphatic heterocycles. The molecule has 0 bridgehead atoms. The zero-order valence-electron chi connectivity index (χ0n) is 8.39. The van der Waals surface area contributed by atoms with E-state index in [1.165, 1.54) is 6.92 Å². The van der Waals surface area contributed by atoms with E-state index in [2.05, 4.69) is 5.32 Å². The molecule has 0 aromatic heterocycles. The van der Waals surface area contributed by atoms with Gasteiger partial charge in [0.25, 0.3) is 0 Å². The van der Waals surface area contributed by atoms with E-state index >= 15 is 0 Å². The van der Waals surface area contributed by atoms with Crippen LogP contribution in [-0.2, 0) is 9.59 Å². The third-order valence-corrected chi connectivity index (χ3v) is 1.64. The largest absolute Gasteiger partial charge is 0.346 e. The van der Waals surface area contributed by atoms with Crippen LogP contribution in [0.4, 0.5) is 0 Å². The lowest BCUT2D eigenvalue weighted by Gasteiger charge is -2.20. The maximum atomic E-state index is 11.3. The molecule has 0 radical (unpaired) electrons. The molecular weight excluding hydrogens is 154 g/mol. The van der Waals surface area contributed by atoms with Crippen LogP contribution in [-0.4, -0.2) is 17.7 Å². The van der Waals surface area contributed by atoms with Crippen LogP contribution in [0.1, 0.15) is 34.6 Å². The number of carbonyl (C=O) groups excluding carboxylic acids is 2. The van der Waals surface area contributed by atoms with Crippen LogP contribution in [0.2, 0.25) is 0 Å². The summed E-state index contributed by atoms with van der Waals surface area (Å²) in [4.78, 5) is 22.1. The second kappa shape index (κ2) is 3.70. The standard InChI is InChI=1S/C9H17NO2/c1-6(7(2)11)10-8(12)9(3,4)5/h6H,1-5H3,(H,10,12)/t6-/m1/s1. The fourth-order valence-corrected chi connectivity index (χ4v) is 0.515. The summed E-state index contributed by atoms with van der Waals surface area (Å²) < 4.78 is 0. The van der Waals surface area contributed by atoms with Crippen LogP contribution in [0, 0.1) is 5.41 Å². The third-order valence-electron chi connectivity index (χ3n) is 1.64. The van der Waals surface area contributed by atoms with Gasteiger partial charge < -0.3 is 5.32 Å². The van der Waals surface area contributed by atoms with Gasteiger partial charge in [0.15, 0.2) is 5.78 Å². The molecule has 0 aliphatic rings. The first kappa shape index (κ1) is 11.1. The van der Waals surface area contributed by atoms with Gasteiger partial charge in [0, 0.05) is 5.41 Å². The number of hydrogen-bond donors (Lipinski definition) is 1. The van der Waals surface area contributed by atoms with Gasteiger partial charge in [-0.05, 0) is 13.8 Å². The first-order chi connectivity index (χ1) is 5.25. The van der Waals surface area contributed by atoms with Crippen molar-refractivity contribution in [2.45, 2.75) is 40.7 Å². The van der Waals surface area contributed by atoms with Gasteiger partial charge in [-0.15, -0.1) is 0 Å². The number of amides is 1. The zero-order valence-corrected chi connectivity index (χ0v) is 8.39. The number of nitrogens with one attached hydrogen (secondary N) is 1. The van der Waals surface area contributed by atoms with Crippen LogP contribution in [0.5, 0.6) is 0 Å². The molecule has 0 aliphatic carbocycles. The second-order valence-corrected chi connectivity index (χ2v) is 4.06. The molecule has 1 atom stereocenters. The monoisotopic (exact) mass is 171 g/mol. The third kappa shape index (κ3) is 3.51. The second-order valence-electron chi connectivity index (χ2n) is 4.06. The van der Waals surface area contributed by atoms with E-state index < -0.39 is 5.41 Å². The first-order valence-electron chi connectivity index (χ1n) is 4.06. The summed E-state index contributed by atoms with van der Waals surface area (Å²) in [6, 6.07) is -0.378. The Balaban J connectivity index is 4.11. The summed E-state index contributed by atoms with van der Waals surface area (Å²) in [5.41, 5.74) is -0.427.